The summed E-state index contributed by atoms with van der Waals surface area (Å²) >= 11 is 3.34. The Morgan fingerprint density at radius 1 is 1.09 bits per heavy atom. The summed E-state index contributed by atoms with van der Waals surface area (Å²) in [5, 5.41) is 0. The highest BCUT2D eigenvalue weighted by Gasteiger charge is 2.29. The van der Waals surface area contributed by atoms with Crippen molar-refractivity contribution in [1.29, 1.82) is 0 Å². The number of carbonyl (C=O) groups excluding carboxylic acids is 1. The molecule has 2 heterocycles. The van der Waals surface area contributed by atoms with Crippen molar-refractivity contribution in [3.63, 3.8) is 0 Å². The summed E-state index contributed by atoms with van der Waals surface area (Å²) in [6.07, 6.45) is 11.1. The highest BCUT2D eigenvalue weighted by atomic mass is 79.9. The van der Waals surface area contributed by atoms with Gasteiger partial charge in [0.1, 0.15) is 6.10 Å². The van der Waals surface area contributed by atoms with E-state index in [1.54, 1.807) is 12.4 Å². The normalized spacial score (nSPS) is 20.9. The van der Waals surface area contributed by atoms with E-state index in [2.05, 4.69) is 30.8 Å². The number of hydrogen-bond acceptors (Lipinski definition) is 5. The van der Waals surface area contributed by atoms with Crippen molar-refractivity contribution in [2.45, 2.75) is 51.0 Å². The molecule has 3 rings (SSSR count). The van der Waals surface area contributed by atoms with Crippen molar-refractivity contribution < 1.29 is 9.53 Å². The largest absolute Gasteiger partial charge is 0.462 e. The quantitative estimate of drug-likeness (QED) is 0.766. The van der Waals surface area contributed by atoms with Crippen LogP contribution in [0.5, 0.6) is 0 Å². The molecule has 1 aromatic rings. The summed E-state index contributed by atoms with van der Waals surface area (Å²) in [4.78, 5) is 23.0. The number of hydrogen-bond donors (Lipinski definition) is 0. The Morgan fingerprint density at radius 2 is 1.73 bits per heavy atom. The van der Waals surface area contributed by atoms with E-state index in [4.69, 9.17) is 4.74 Å². The van der Waals surface area contributed by atoms with Gasteiger partial charge >= 0.3 is 5.97 Å². The van der Waals surface area contributed by atoms with Crippen LogP contribution in [0, 0.1) is 5.92 Å². The molecule has 1 saturated carbocycles. The van der Waals surface area contributed by atoms with Crippen LogP contribution in [0.15, 0.2) is 16.9 Å². The number of aromatic nitrogens is 2. The maximum Gasteiger partial charge on any atom is 0.309 e. The van der Waals surface area contributed by atoms with E-state index in [9.17, 15) is 4.79 Å². The number of anilines is 1. The number of piperidine rings is 1. The molecule has 0 aromatic carbocycles. The van der Waals surface area contributed by atoms with Crippen molar-refractivity contribution in [2.24, 2.45) is 5.92 Å². The Kier molecular flexibility index (Phi) is 5.28. The highest BCUT2D eigenvalue weighted by Crippen LogP contribution is 2.25. The number of halogens is 1. The Morgan fingerprint density at radius 3 is 2.36 bits per heavy atom. The molecule has 1 aromatic heterocycles. The van der Waals surface area contributed by atoms with Gasteiger partial charge in [0.2, 0.25) is 5.95 Å². The van der Waals surface area contributed by atoms with Crippen LogP contribution in [-0.4, -0.2) is 35.1 Å². The Labute approximate surface area is 139 Å². The molecule has 6 heteroatoms. The van der Waals surface area contributed by atoms with Gasteiger partial charge in [0.15, 0.2) is 0 Å². The van der Waals surface area contributed by atoms with Crippen LogP contribution < -0.4 is 4.90 Å². The van der Waals surface area contributed by atoms with Gasteiger partial charge in [0.05, 0.1) is 10.4 Å². The van der Waals surface area contributed by atoms with Crippen LogP contribution in [-0.2, 0) is 9.53 Å². The molecular formula is C16H22BrN3O2. The molecule has 0 spiro atoms. The van der Waals surface area contributed by atoms with Crippen molar-refractivity contribution in [3.05, 3.63) is 16.9 Å². The van der Waals surface area contributed by atoms with Gasteiger partial charge in [-0.2, -0.15) is 0 Å². The topological polar surface area (TPSA) is 55.3 Å². The lowest BCUT2D eigenvalue weighted by atomic mass is 9.95. The zero-order valence-corrected chi connectivity index (χ0v) is 14.3. The number of ether oxygens (including phenoxy) is 1. The average molecular weight is 368 g/mol. The van der Waals surface area contributed by atoms with Gasteiger partial charge in [0, 0.05) is 25.5 Å². The van der Waals surface area contributed by atoms with E-state index in [0.29, 0.717) is 0 Å². The first-order valence-electron chi connectivity index (χ1n) is 8.15. The molecule has 0 unspecified atom stereocenters. The van der Waals surface area contributed by atoms with Crippen LogP contribution in [0.2, 0.25) is 0 Å². The fourth-order valence-electron chi connectivity index (χ4n) is 3.23. The first-order chi connectivity index (χ1) is 10.7. The minimum atomic E-state index is 0.00303. The van der Waals surface area contributed by atoms with Crippen LogP contribution in [0.1, 0.15) is 44.9 Å². The summed E-state index contributed by atoms with van der Waals surface area (Å²) in [5.41, 5.74) is 0. The molecule has 0 atom stereocenters. The van der Waals surface area contributed by atoms with Gasteiger partial charge in [-0.15, -0.1) is 0 Å². The van der Waals surface area contributed by atoms with Gasteiger partial charge < -0.3 is 9.64 Å². The Hall–Kier alpha value is -1.17. The van der Waals surface area contributed by atoms with Gasteiger partial charge in [-0.3, -0.25) is 4.79 Å². The molecule has 1 aliphatic heterocycles. The molecule has 0 amide bonds. The SMILES string of the molecule is O=C(OC1CCCCC1)C1CCN(c2ncc(Br)cn2)CC1. The maximum absolute atomic E-state index is 12.3. The number of nitrogens with zero attached hydrogens (tertiary/aromatic N) is 3. The zero-order chi connectivity index (χ0) is 15.4. The smallest absolute Gasteiger partial charge is 0.309 e. The third-order valence-corrected chi connectivity index (χ3v) is 4.96. The zero-order valence-electron chi connectivity index (χ0n) is 12.7. The minimum Gasteiger partial charge on any atom is -0.462 e. The highest BCUT2D eigenvalue weighted by molar-refractivity contribution is 9.10. The molecular weight excluding hydrogens is 346 g/mol. The maximum atomic E-state index is 12.3. The van der Waals surface area contributed by atoms with E-state index in [1.807, 2.05) is 0 Å². The van der Waals surface area contributed by atoms with E-state index >= 15 is 0 Å². The molecule has 120 valence electrons. The molecule has 2 fully saturated rings. The molecule has 1 aliphatic carbocycles. The third kappa shape index (κ3) is 3.97. The second-order valence-corrected chi connectivity index (χ2v) is 7.08. The second kappa shape index (κ2) is 7.40. The lowest BCUT2D eigenvalue weighted by Crippen LogP contribution is -2.38. The van der Waals surface area contributed by atoms with E-state index < -0.39 is 0 Å². The van der Waals surface area contributed by atoms with E-state index in [1.165, 1.54) is 19.3 Å². The summed E-state index contributed by atoms with van der Waals surface area (Å²) in [6, 6.07) is 0. The first kappa shape index (κ1) is 15.7. The fraction of sp³-hybridized carbons (Fsp3) is 0.688. The molecule has 0 bridgehead atoms. The first-order valence-corrected chi connectivity index (χ1v) is 8.94. The summed E-state index contributed by atoms with van der Waals surface area (Å²) < 4.78 is 6.57. The van der Waals surface area contributed by atoms with Gasteiger partial charge in [-0.25, -0.2) is 9.97 Å². The lowest BCUT2D eigenvalue weighted by molar-refractivity contribution is -0.156. The van der Waals surface area contributed by atoms with Gasteiger partial charge in [0.25, 0.3) is 0 Å². The van der Waals surface area contributed by atoms with Crippen LogP contribution >= 0.6 is 15.9 Å². The van der Waals surface area contributed by atoms with Crippen molar-refractivity contribution in [1.82, 2.24) is 9.97 Å². The van der Waals surface area contributed by atoms with E-state index in [0.717, 1.165) is 49.2 Å². The van der Waals surface area contributed by atoms with Crippen LogP contribution in [0.3, 0.4) is 0 Å². The van der Waals surface area contributed by atoms with Crippen molar-refractivity contribution in [2.75, 3.05) is 18.0 Å². The molecule has 0 radical (unpaired) electrons. The van der Waals surface area contributed by atoms with E-state index in [-0.39, 0.29) is 18.0 Å². The standard InChI is InChI=1S/C16H22BrN3O2/c17-13-10-18-16(19-11-13)20-8-6-12(7-9-20)15(21)22-14-4-2-1-3-5-14/h10-12,14H,1-9H2. The Balaban J connectivity index is 1.48. The predicted molar refractivity (Wildman–Crippen MR) is 87.6 cm³/mol. The van der Waals surface area contributed by atoms with Gasteiger partial charge in [-0.1, -0.05) is 6.42 Å². The average Bonchev–Trinajstić information content (AvgIpc) is 2.57. The van der Waals surface area contributed by atoms with Crippen molar-refractivity contribution >= 4 is 27.8 Å². The van der Waals surface area contributed by atoms with Crippen LogP contribution in [0.25, 0.3) is 0 Å². The number of rotatable bonds is 3. The second-order valence-electron chi connectivity index (χ2n) is 6.16. The Bertz CT molecular complexity index is 495. The molecule has 0 N–H and O–H groups in total. The molecule has 2 aliphatic rings. The monoisotopic (exact) mass is 367 g/mol. The summed E-state index contributed by atoms with van der Waals surface area (Å²) in [5.74, 6) is 0.777. The third-order valence-electron chi connectivity index (χ3n) is 4.55. The molecule has 5 nitrogen and oxygen atoms in total. The van der Waals surface area contributed by atoms with Gasteiger partial charge in [-0.05, 0) is 54.5 Å². The number of carbonyl (C=O) groups is 1. The summed E-state index contributed by atoms with van der Waals surface area (Å²) in [7, 11) is 0. The lowest BCUT2D eigenvalue weighted by Gasteiger charge is -2.32. The molecule has 22 heavy (non-hydrogen) atoms. The minimum absolute atomic E-state index is 0.00303. The fourth-order valence-corrected chi connectivity index (χ4v) is 3.43. The van der Waals surface area contributed by atoms with Crippen molar-refractivity contribution in [3.8, 4) is 0 Å². The summed E-state index contributed by atoms with van der Waals surface area (Å²) in [6.45, 7) is 1.62. The molecule has 1 saturated heterocycles. The number of esters is 1. The predicted octanol–water partition coefficient (Wildman–Crippen LogP) is 3.33. The van der Waals surface area contributed by atoms with Crippen LogP contribution in [0.4, 0.5) is 5.95 Å².